The summed E-state index contributed by atoms with van der Waals surface area (Å²) < 4.78 is 27.1. The molecule has 6 nitrogen and oxygen atoms in total. The van der Waals surface area contributed by atoms with Crippen molar-refractivity contribution >= 4 is 21.7 Å². The fourth-order valence-corrected chi connectivity index (χ4v) is 4.89. The number of Topliss-reactive ketones (excluding diaryl/α,β-unsaturated/α-hetero) is 1. The molecule has 4 atom stereocenters. The minimum atomic E-state index is -1.28. The first-order valence-electron chi connectivity index (χ1n) is 6.15. The minimum Gasteiger partial charge on any atom is -0.351 e. The summed E-state index contributed by atoms with van der Waals surface area (Å²) >= 11 is 3.56. The van der Waals surface area contributed by atoms with Crippen molar-refractivity contribution in [2.24, 2.45) is 11.8 Å². The topological polar surface area (TPSA) is 63.2 Å². The van der Waals surface area contributed by atoms with E-state index in [2.05, 4.69) is 15.9 Å². The molecule has 3 aliphatic rings. The minimum absolute atomic E-state index is 0.0727. The number of fused-ring (bicyclic) bond motifs is 1. The fraction of sp³-hybridized carbons (Fsp3) is 0.917. The summed E-state index contributed by atoms with van der Waals surface area (Å²) in [6, 6.07) is 0. The van der Waals surface area contributed by atoms with Crippen molar-refractivity contribution in [2.45, 2.75) is 22.5 Å². The lowest BCUT2D eigenvalue weighted by atomic mass is 9.90. The summed E-state index contributed by atoms with van der Waals surface area (Å²) in [5.74, 6) is -2.81. The molecule has 1 saturated carbocycles. The van der Waals surface area contributed by atoms with Crippen LogP contribution < -0.4 is 0 Å². The van der Waals surface area contributed by atoms with Gasteiger partial charge in [0.15, 0.2) is 5.78 Å². The molecule has 0 aromatic rings. The van der Waals surface area contributed by atoms with Gasteiger partial charge in [0.05, 0.1) is 6.61 Å². The predicted molar refractivity (Wildman–Crippen MR) is 66.7 cm³/mol. The van der Waals surface area contributed by atoms with Gasteiger partial charge >= 0.3 is 0 Å². The highest BCUT2D eigenvalue weighted by Crippen LogP contribution is 2.63. The van der Waals surface area contributed by atoms with Crippen LogP contribution in [0.2, 0.25) is 0 Å². The summed E-state index contributed by atoms with van der Waals surface area (Å²) in [5, 5.41) is 0. The standard InChI is InChI=1S/C12H17BrO6/c1-15-11(16-2)9-7-4-10(11,13)8(14)6-19-12(9,17-3)18-5-7/h7,9H,4-6H2,1-3H3. The number of ether oxygens (including phenoxy) is 5. The maximum absolute atomic E-state index is 12.5. The van der Waals surface area contributed by atoms with Gasteiger partial charge in [-0.2, -0.15) is 0 Å². The van der Waals surface area contributed by atoms with Crippen LogP contribution >= 0.6 is 15.9 Å². The molecule has 0 aromatic carbocycles. The molecule has 3 fully saturated rings. The first-order valence-corrected chi connectivity index (χ1v) is 6.94. The van der Waals surface area contributed by atoms with E-state index in [0.717, 1.165) is 0 Å². The highest BCUT2D eigenvalue weighted by atomic mass is 79.9. The van der Waals surface area contributed by atoms with Crippen molar-refractivity contribution < 1.29 is 28.5 Å². The molecule has 7 heteroatoms. The Morgan fingerprint density at radius 3 is 2.47 bits per heavy atom. The zero-order valence-electron chi connectivity index (χ0n) is 11.1. The Bertz CT molecular complexity index is 411. The summed E-state index contributed by atoms with van der Waals surface area (Å²) in [6.45, 7) is 0.352. The first-order chi connectivity index (χ1) is 8.99. The molecule has 0 amide bonds. The fourth-order valence-electron chi connectivity index (χ4n) is 3.79. The number of hydrogen-bond acceptors (Lipinski definition) is 6. The van der Waals surface area contributed by atoms with Gasteiger partial charge in [0, 0.05) is 27.2 Å². The zero-order chi connectivity index (χ0) is 13.9. The van der Waals surface area contributed by atoms with Crippen LogP contribution in [0.3, 0.4) is 0 Å². The Hall–Kier alpha value is -0.0500. The van der Waals surface area contributed by atoms with Gasteiger partial charge in [0.25, 0.3) is 5.97 Å². The molecular weight excluding hydrogens is 320 g/mol. The van der Waals surface area contributed by atoms with Crippen LogP contribution in [0.15, 0.2) is 0 Å². The van der Waals surface area contributed by atoms with E-state index in [1.807, 2.05) is 0 Å². The average Bonchev–Trinajstić information content (AvgIpc) is 2.88. The number of hydrogen-bond donors (Lipinski definition) is 0. The van der Waals surface area contributed by atoms with Gasteiger partial charge in [0.2, 0.25) is 5.79 Å². The molecular formula is C12H17BrO6. The third-order valence-electron chi connectivity index (χ3n) is 4.59. The molecule has 108 valence electrons. The Labute approximate surface area is 119 Å². The van der Waals surface area contributed by atoms with E-state index in [4.69, 9.17) is 23.7 Å². The maximum Gasteiger partial charge on any atom is 0.291 e. The van der Waals surface area contributed by atoms with E-state index >= 15 is 0 Å². The normalized spacial score (nSPS) is 47.5. The predicted octanol–water partition coefficient (Wildman–Crippen LogP) is 0.675. The third kappa shape index (κ3) is 1.41. The molecule has 4 unspecified atom stereocenters. The van der Waals surface area contributed by atoms with Crippen molar-refractivity contribution in [3.8, 4) is 0 Å². The molecule has 2 bridgehead atoms. The molecule has 3 rings (SSSR count). The number of alkyl halides is 1. The molecule has 1 aliphatic carbocycles. The molecule has 2 saturated heterocycles. The van der Waals surface area contributed by atoms with Crippen molar-refractivity contribution in [1.29, 1.82) is 0 Å². The molecule has 0 radical (unpaired) electrons. The van der Waals surface area contributed by atoms with Gasteiger partial charge in [-0.15, -0.1) is 0 Å². The summed E-state index contributed by atoms with van der Waals surface area (Å²) in [7, 11) is 4.56. The summed E-state index contributed by atoms with van der Waals surface area (Å²) in [5.41, 5.74) is 0. The smallest absolute Gasteiger partial charge is 0.291 e. The van der Waals surface area contributed by atoms with Gasteiger partial charge < -0.3 is 23.7 Å². The number of ketones is 1. The maximum atomic E-state index is 12.5. The quantitative estimate of drug-likeness (QED) is 0.557. The molecule has 0 spiro atoms. The number of carbonyl (C=O) groups excluding carboxylic acids is 1. The number of rotatable bonds is 3. The monoisotopic (exact) mass is 336 g/mol. The van der Waals surface area contributed by atoms with Crippen LogP contribution in [0, 0.1) is 11.8 Å². The van der Waals surface area contributed by atoms with E-state index in [-0.39, 0.29) is 24.2 Å². The Morgan fingerprint density at radius 2 is 1.89 bits per heavy atom. The number of halogens is 1. The zero-order valence-corrected chi connectivity index (χ0v) is 12.7. The second-order valence-electron chi connectivity index (χ2n) is 5.15. The number of carbonyl (C=O) groups is 1. The van der Waals surface area contributed by atoms with E-state index in [1.165, 1.54) is 21.3 Å². The Morgan fingerprint density at radius 1 is 1.21 bits per heavy atom. The van der Waals surface area contributed by atoms with Gasteiger partial charge in [-0.3, -0.25) is 4.79 Å². The van der Waals surface area contributed by atoms with Crippen molar-refractivity contribution in [2.75, 3.05) is 34.5 Å². The van der Waals surface area contributed by atoms with E-state index in [0.29, 0.717) is 13.0 Å². The summed E-state index contributed by atoms with van der Waals surface area (Å²) in [4.78, 5) is 12.5. The first kappa shape index (κ1) is 13.9. The van der Waals surface area contributed by atoms with E-state index in [9.17, 15) is 4.79 Å². The van der Waals surface area contributed by atoms with Crippen molar-refractivity contribution in [1.82, 2.24) is 0 Å². The molecule has 2 aliphatic heterocycles. The van der Waals surface area contributed by atoms with Crippen LogP contribution in [0.1, 0.15) is 6.42 Å². The molecule has 0 aromatic heterocycles. The van der Waals surface area contributed by atoms with Crippen LogP contribution in [0.5, 0.6) is 0 Å². The second-order valence-corrected chi connectivity index (χ2v) is 6.50. The van der Waals surface area contributed by atoms with Crippen LogP contribution in [0.25, 0.3) is 0 Å². The number of methoxy groups -OCH3 is 3. The van der Waals surface area contributed by atoms with Crippen LogP contribution in [-0.2, 0) is 28.5 Å². The second kappa shape index (κ2) is 4.22. The highest BCUT2D eigenvalue weighted by molar-refractivity contribution is 9.10. The van der Waals surface area contributed by atoms with E-state index in [1.54, 1.807) is 0 Å². The van der Waals surface area contributed by atoms with Crippen molar-refractivity contribution in [3.05, 3.63) is 0 Å². The SMILES string of the molecule is COC12OCC(=O)C3(Br)CC(CO1)C2C3(OC)OC. The van der Waals surface area contributed by atoms with Crippen molar-refractivity contribution in [3.63, 3.8) is 0 Å². The molecule has 0 N–H and O–H groups in total. The van der Waals surface area contributed by atoms with Gasteiger partial charge in [-0.25, -0.2) is 0 Å². The van der Waals surface area contributed by atoms with Gasteiger partial charge in [0.1, 0.15) is 16.8 Å². The van der Waals surface area contributed by atoms with Crippen LogP contribution in [0.4, 0.5) is 0 Å². The van der Waals surface area contributed by atoms with Gasteiger partial charge in [-0.1, -0.05) is 15.9 Å². The lowest BCUT2D eigenvalue weighted by Gasteiger charge is -2.42. The average molecular weight is 337 g/mol. The lowest BCUT2D eigenvalue weighted by molar-refractivity contribution is -0.398. The Kier molecular flexibility index (Phi) is 3.09. The summed E-state index contributed by atoms with van der Waals surface area (Å²) in [6.07, 6.45) is 0.576. The molecule has 19 heavy (non-hydrogen) atoms. The molecule has 2 heterocycles. The largest absolute Gasteiger partial charge is 0.351 e. The third-order valence-corrected chi connectivity index (χ3v) is 5.91. The Balaban J connectivity index is 2.20. The van der Waals surface area contributed by atoms with E-state index < -0.39 is 16.1 Å². The lowest BCUT2D eigenvalue weighted by Crippen LogP contribution is -2.60. The highest BCUT2D eigenvalue weighted by Gasteiger charge is 2.78. The van der Waals surface area contributed by atoms with Gasteiger partial charge in [-0.05, 0) is 6.42 Å². The van der Waals surface area contributed by atoms with Crippen LogP contribution in [-0.4, -0.2) is 56.4 Å².